The van der Waals surface area contributed by atoms with Gasteiger partial charge in [0.05, 0.1) is 7.11 Å². The summed E-state index contributed by atoms with van der Waals surface area (Å²) in [4.78, 5) is 28.2. The molecule has 1 aromatic rings. The first-order valence-electron chi connectivity index (χ1n) is 7.57. The lowest BCUT2D eigenvalue weighted by atomic mass is 9.75. The highest BCUT2D eigenvalue weighted by molar-refractivity contribution is 5.99. The van der Waals surface area contributed by atoms with Crippen LogP contribution < -0.4 is 10.1 Å². The van der Waals surface area contributed by atoms with Crippen LogP contribution in [-0.2, 0) is 4.79 Å². The van der Waals surface area contributed by atoms with Gasteiger partial charge < -0.3 is 15.2 Å². The van der Waals surface area contributed by atoms with Gasteiger partial charge in [0.2, 0.25) is 5.88 Å². The third kappa shape index (κ3) is 3.21. The average molecular weight is 306 g/mol. The van der Waals surface area contributed by atoms with Gasteiger partial charge in [0.25, 0.3) is 5.91 Å². The van der Waals surface area contributed by atoms with Crippen LogP contribution in [0, 0.1) is 5.92 Å². The molecule has 0 radical (unpaired) electrons. The summed E-state index contributed by atoms with van der Waals surface area (Å²) >= 11 is 0. The number of rotatable bonds is 5. The first-order valence-corrected chi connectivity index (χ1v) is 7.57. The van der Waals surface area contributed by atoms with Crippen LogP contribution in [0.2, 0.25) is 0 Å². The normalized spacial score (nSPS) is 24.5. The smallest absolute Gasteiger partial charge is 0.329 e. The minimum Gasteiger partial charge on any atom is -0.480 e. The maximum atomic E-state index is 12.5. The van der Waals surface area contributed by atoms with Gasteiger partial charge in [-0.15, -0.1) is 0 Å². The summed E-state index contributed by atoms with van der Waals surface area (Å²) in [5.74, 6) is -0.694. The second-order valence-corrected chi connectivity index (χ2v) is 5.75. The molecule has 22 heavy (non-hydrogen) atoms. The Morgan fingerprint density at radius 2 is 2.14 bits per heavy atom. The van der Waals surface area contributed by atoms with Gasteiger partial charge in [-0.2, -0.15) is 0 Å². The molecule has 1 fully saturated rings. The van der Waals surface area contributed by atoms with E-state index in [-0.39, 0.29) is 11.4 Å². The van der Waals surface area contributed by atoms with E-state index < -0.39 is 17.4 Å². The number of amides is 1. The number of methoxy groups -OCH3 is 1. The highest BCUT2D eigenvalue weighted by Crippen LogP contribution is 2.34. The Bertz CT molecular complexity index is 551. The molecule has 0 aromatic carbocycles. The standard InChI is InChI=1S/C16H22N2O4/c1-3-11-6-8-16(9-7-11,15(20)21)18-13(19)12-5-4-10-17-14(12)22-2/h4-5,10-11H,3,6-9H2,1-2H3,(H,18,19)(H,20,21). The lowest BCUT2D eigenvalue weighted by molar-refractivity contribution is -0.146. The molecule has 1 saturated carbocycles. The van der Waals surface area contributed by atoms with Crippen LogP contribution >= 0.6 is 0 Å². The van der Waals surface area contributed by atoms with E-state index in [0.29, 0.717) is 18.8 Å². The molecule has 2 rings (SSSR count). The molecule has 0 unspecified atom stereocenters. The third-order valence-electron chi connectivity index (χ3n) is 4.51. The number of carboxylic acid groups (broad SMARTS) is 1. The quantitative estimate of drug-likeness (QED) is 0.871. The summed E-state index contributed by atoms with van der Waals surface area (Å²) in [6.07, 6.45) is 5.10. The number of ether oxygens (including phenoxy) is 1. The van der Waals surface area contributed by atoms with Gasteiger partial charge >= 0.3 is 5.97 Å². The molecular formula is C16H22N2O4. The third-order valence-corrected chi connectivity index (χ3v) is 4.51. The van der Waals surface area contributed by atoms with Gasteiger partial charge in [0.15, 0.2) is 0 Å². The molecule has 1 heterocycles. The molecule has 1 aromatic heterocycles. The predicted molar refractivity (Wildman–Crippen MR) is 80.9 cm³/mol. The Morgan fingerprint density at radius 1 is 1.45 bits per heavy atom. The molecular weight excluding hydrogens is 284 g/mol. The maximum absolute atomic E-state index is 12.5. The van der Waals surface area contributed by atoms with E-state index in [2.05, 4.69) is 17.2 Å². The second kappa shape index (κ2) is 6.77. The Balaban J connectivity index is 2.18. The fourth-order valence-electron chi connectivity index (χ4n) is 2.98. The predicted octanol–water partition coefficient (Wildman–Crippen LogP) is 2.24. The number of carboxylic acids is 1. The first kappa shape index (κ1) is 16.3. The van der Waals surface area contributed by atoms with Gasteiger partial charge in [-0.1, -0.05) is 13.3 Å². The average Bonchev–Trinajstić information content (AvgIpc) is 2.55. The number of carbonyl (C=O) groups excluding carboxylic acids is 1. The number of pyridine rings is 1. The summed E-state index contributed by atoms with van der Waals surface area (Å²) < 4.78 is 5.06. The van der Waals surface area contributed by atoms with Crippen molar-refractivity contribution in [2.24, 2.45) is 5.92 Å². The summed E-state index contributed by atoms with van der Waals surface area (Å²) in [6.45, 7) is 2.11. The molecule has 1 aliphatic carbocycles. The molecule has 1 aliphatic rings. The van der Waals surface area contributed by atoms with Crippen molar-refractivity contribution in [3.8, 4) is 5.88 Å². The van der Waals surface area contributed by atoms with E-state index in [0.717, 1.165) is 19.3 Å². The SMILES string of the molecule is CCC1CCC(NC(=O)c2cccnc2OC)(C(=O)O)CC1. The van der Waals surface area contributed by atoms with Gasteiger partial charge in [-0.3, -0.25) is 4.79 Å². The van der Waals surface area contributed by atoms with Crippen molar-refractivity contribution in [2.45, 2.75) is 44.6 Å². The van der Waals surface area contributed by atoms with Gasteiger partial charge in [0.1, 0.15) is 11.1 Å². The highest BCUT2D eigenvalue weighted by Gasteiger charge is 2.43. The number of hydrogen-bond acceptors (Lipinski definition) is 4. The van der Waals surface area contributed by atoms with Crippen molar-refractivity contribution in [3.63, 3.8) is 0 Å². The summed E-state index contributed by atoms with van der Waals surface area (Å²) in [5.41, 5.74) is -0.938. The zero-order valence-corrected chi connectivity index (χ0v) is 13.0. The molecule has 0 saturated heterocycles. The molecule has 120 valence electrons. The fraction of sp³-hybridized carbons (Fsp3) is 0.562. The first-order chi connectivity index (χ1) is 10.5. The minimum atomic E-state index is -1.19. The van der Waals surface area contributed by atoms with Gasteiger partial charge in [-0.05, 0) is 43.7 Å². The molecule has 6 heteroatoms. The van der Waals surface area contributed by atoms with Crippen LogP contribution in [-0.4, -0.2) is 34.6 Å². The molecule has 0 aliphatic heterocycles. The zero-order valence-electron chi connectivity index (χ0n) is 13.0. The Labute approximate surface area is 129 Å². The minimum absolute atomic E-state index is 0.197. The number of nitrogens with one attached hydrogen (secondary N) is 1. The van der Waals surface area contributed by atoms with Crippen molar-refractivity contribution in [1.29, 1.82) is 0 Å². The summed E-state index contributed by atoms with van der Waals surface area (Å²) in [5, 5.41) is 12.3. The van der Waals surface area contributed by atoms with Crippen molar-refractivity contribution in [3.05, 3.63) is 23.9 Å². The largest absolute Gasteiger partial charge is 0.480 e. The zero-order chi connectivity index (χ0) is 16.2. The van der Waals surface area contributed by atoms with Crippen LogP contribution in [0.3, 0.4) is 0 Å². The number of aliphatic carboxylic acids is 1. The van der Waals surface area contributed by atoms with Crippen molar-refractivity contribution < 1.29 is 19.4 Å². The lowest BCUT2D eigenvalue weighted by Gasteiger charge is -2.37. The maximum Gasteiger partial charge on any atom is 0.329 e. The topological polar surface area (TPSA) is 88.5 Å². The molecule has 0 spiro atoms. The van der Waals surface area contributed by atoms with Crippen LogP contribution in [0.4, 0.5) is 0 Å². The summed E-state index contributed by atoms with van der Waals surface area (Å²) in [6, 6.07) is 3.20. The number of hydrogen-bond donors (Lipinski definition) is 2. The van der Waals surface area contributed by atoms with Crippen LogP contribution in [0.25, 0.3) is 0 Å². The Hall–Kier alpha value is -2.11. The van der Waals surface area contributed by atoms with Crippen molar-refractivity contribution in [1.82, 2.24) is 10.3 Å². The highest BCUT2D eigenvalue weighted by atomic mass is 16.5. The van der Waals surface area contributed by atoms with Crippen molar-refractivity contribution >= 4 is 11.9 Å². The van der Waals surface area contributed by atoms with E-state index in [1.807, 2.05) is 0 Å². The monoisotopic (exact) mass is 306 g/mol. The van der Waals surface area contributed by atoms with E-state index in [4.69, 9.17) is 4.74 Å². The van der Waals surface area contributed by atoms with E-state index >= 15 is 0 Å². The van der Waals surface area contributed by atoms with Gasteiger partial charge in [-0.25, -0.2) is 9.78 Å². The number of aromatic nitrogens is 1. The van der Waals surface area contributed by atoms with E-state index in [1.54, 1.807) is 12.1 Å². The van der Waals surface area contributed by atoms with Crippen molar-refractivity contribution in [2.75, 3.05) is 7.11 Å². The van der Waals surface area contributed by atoms with Gasteiger partial charge in [0, 0.05) is 6.20 Å². The molecule has 0 atom stereocenters. The summed E-state index contributed by atoms with van der Waals surface area (Å²) in [7, 11) is 1.43. The molecule has 0 bridgehead atoms. The fourth-order valence-corrected chi connectivity index (χ4v) is 2.98. The Kier molecular flexibility index (Phi) is 5.00. The van der Waals surface area contributed by atoms with Crippen LogP contribution in [0.15, 0.2) is 18.3 Å². The van der Waals surface area contributed by atoms with Crippen LogP contribution in [0.5, 0.6) is 5.88 Å². The second-order valence-electron chi connectivity index (χ2n) is 5.75. The number of carbonyl (C=O) groups is 2. The molecule has 6 nitrogen and oxygen atoms in total. The van der Waals surface area contributed by atoms with Crippen LogP contribution in [0.1, 0.15) is 49.4 Å². The molecule has 1 amide bonds. The van der Waals surface area contributed by atoms with E-state index in [1.165, 1.54) is 13.3 Å². The van der Waals surface area contributed by atoms with E-state index in [9.17, 15) is 14.7 Å². The Morgan fingerprint density at radius 3 is 2.68 bits per heavy atom. The number of nitrogens with zero attached hydrogens (tertiary/aromatic N) is 1. The molecule has 2 N–H and O–H groups in total. The lowest BCUT2D eigenvalue weighted by Crippen LogP contribution is -2.56.